The van der Waals surface area contributed by atoms with Gasteiger partial charge in [-0.25, -0.2) is 9.37 Å². The predicted molar refractivity (Wildman–Crippen MR) is 133 cm³/mol. The van der Waals surface area contributed by atoms with Crippen LogP contribution in [0.3, 0.4) is 0 Å². The number of halogens is 1. The molecule has 36 heavy (non-hydrogen) atoms. The molecule has 3 amide bonds. The molecule has 11 heteroatoms. The van der Waals surface area contributed by atoms with Gasteiger partial charge in [0.15, 0.2) is 0 Å². The van der Waals surface area contributed by atoms with E-state index in [1.165, 1.54) is 16.7 Å². The van der Waals surface area contributed by atoms with Gasteiger partial charge >= 0.3 is 0 Å². The van der Waals surface area contributed by atoms with E-state index in [-0.39, 0.29) is 42.4 Å². The molecule has 1 atom stereocenters. The number of hydrogen-bond acceptors (Lipinski definition) is 7. The third-order valence-corrected chi connectivity index (χ3v) is 6.63. The summed E-state index contributed by atoms with van der Waals surface area (Å²) >= 11 is 0. The van der Waals surface area contributed by atoms with Gasteiger partial charge in [-0.1, -0.05) is 6.07 Å². The van der Waals surface area contributed by atoms with Crippen molar-refractivity contribution in [3.63, 3.8) is 0 Å². The second kappa shape index (κ2) is 9.06. The normalized spacial score (nSPS) is 17.7. The first-order valence-corrected chi connectivity index (χ1v) is 11.6. The lowest BCUT2D eigenvalue weighted by Crippen LogP contribution is -2.45. The maximum Gasteiger partial charge on any atom is 0.262 e. The predicted octanol–water partition coefficient (Wildman–Crippen LogP) is 1.72. The van der Waals surface area contributed by atoms with E-state index in [4.69, 9.17) is 0 Å². The lowest BCUT2D eigenvalue weighted by atomic mass is 10.1. The Morgan fingerprint density at radius 1 is 1.17 bits per heavy atom. The van der Waals surface area contributed by atoms with Crippen LogP contribution in [0.2, 0.25) is 0 Å². The number of rotatable bonds is 4. The molecule has 5 rings (SSSR count). The summed E-state index contributed by atoms with van der Waals surface area (Å²) in [6.45, 7) is 2.88. The lowest BCUT2D eigenvalue weighted by Gasteiger charge is -2.36. The van der Waals surface area contributed by atoms with Gasteiger partial charge in [0, 0.05) is 26.6 Å². The fourth-order valence-corrected chi connectivity index (χ4v) is 4.83. The van der Waals surface area contributed by atoms with Crippen LogP contribution in [-0.2, 0) is 14.4 Å². The summed E-state index contributed by atoms with van der Waals surface area (Å²) in [6, 6.07) is 8.54. The Kier molecular flexibility index (Phi) is 5.91. The molecule has 2 aromatic carbocycles. The van der Waals surface area contributed by atoms with Gasteiger partial charge in [0.2, 0.25) is 17.7 Å². The van der Waals surface area contributed by atoms with Crippen LogP contribution < -0.4 is 26.0 Å². The molecule has 0 aliphatic carbocycles. The van der Waals surface area contributed by atoms with Crippen LogP contribution in [0.15, 0.2) is 41.2 Å². The highest BCUT2D eigenvalue weighted by Gasteiger charge is 2.31. The van der Waals surface area contributed by atoms with Gasteiger partial charge in [-0.3, -0.25) is 29.1 Å². The summed E-state index contributed by atoms with van der Waals surface area (Å²) in [5.41, 5.74) is 1.75. The number of nitrogens with zero attached hydrogens (tertiary/aromatic N) is 4. The molecule has 2 aliphatic rings. The van der Waals surface area contributed by atoms with E-state index in [9.17, 15) is 23.6 Å². The van der Waals surface area contributed by atoms with Crippen molar-refractivity contribution in [1.29, 1.82) is 0 Å². The van der Waals surface area contributed by atoms with E-state index < -0.39 is 17.5 Å². The highest BCUT2D eigenvalue weighted by Crippen LogP contribution is 2.32. The zero-order valence-electron chi connectivity index (χ0n) is 19.9. The van der Waals surface area contributed by atoms with Gasteiger partial charge in [-0.05, 0) is 43.7 Å². The van der Waals surface area contributed by atoms with Crippen molar-refractivity contribution in [2.75, 3.05) is 41.8 Å². The molecule has 186 valence electrons. The van der Waals surface area contributed by atoms with Gasteiger partial charge in [0.05, 0.1) is 29.0 Å². The smallest absolute Gasteiger partial charge is 0.262 e. The van der Waals surface area contributed by atoms with Crippen molar-refractivity contribution in [3.05, 3.63) is 58.4 Å². The molecule has 1 fully saturated rings. The van der Waals surface area contributed by atoms with Crippen molar-refractivity contribution in [3.8, 4) is 0 Å². The summed E-state index contributed by atoms with van der Waals surface area (Å²) in [5.74, 6) is -1.25. The molecule has 3 heterocycles. The molecular formula is C25H25FN6O4. The Morgan fingerprint density at radius 3 is 2.75 bits per heavy atom. The van der Waals surface area contributed by atoms with E-state index in [0.29, 0.717) is 35.8 Å². The van der Waals surface area contributed by atoms with Crippen LogP contribution in [-0.4, -0.2) is 54.0 Å². The zero-order valence-corrected chi connectivity index (χ0v) is 19.9. The van der Waals surface area contributed by atoms with Crippen molar-refractivity contribution in [2.24, 2.45) is 0 Å². The number of para-hydroxylation sites is 1. The first-order chi connectivity index (χ1) is 17.2. The number of likely N-dealkylation sites (N-methyl/N-ethyl adjacent to an activating group) is 1. The third kappa shape index (κ3) is 4.16. The van der Waals surface area contributed by atoms with Gasteiger partial charge in [-0.15, -0.1) is 0 Å². The van der Waals surface area contributed by atoms with Crippen LogP contribution in [0.4, 0.5) is 21.5 Å². The maximum atomic E-state index is 13.7. The number of imide groups is 1. The molecule has 0 saturated carbocycles. The van der Waals surface area contributed by atoms with Crippen molar-refractivity contribution < 1.29 is 18.8 Å². The lowest BCUT2D eigenvalue weighted by molar-refractivity contribution is -0.135. The first-order valence-electron chi connectivity index (χ1n) is 11.6. The van der Waals surface area contributed by atoms with Gasteiger partial charge in [0.25, 0.3) is 5.56 Å². The zero-order chi connectivity index (χ0) is 25.6. The number of carbonyl (C=O) groups is 3. The van der Waals surface area contributed by atoms with Gasteiger partial charge < -0.3 is 15.1 Å². The SMILES string of the molecule is Cc1nc2c(NC(=O)CN3CCN(C)c4cc(F)ccc43)cccc2c(=O)n1C1CCC(=O)NC1=O. The highest BCUT2D eigenvalue weighted by molar-refractivity contribution is 6.02. The molecule has 10 nitrogen and oxygen atoms in total. The average molecular weight is 493 g/mol. The van der Waals surface area contributed by atoms with Crippen LogP contribution in [0.1, 0.15) is 24.7 Å². The largest absolute Gasteiger partial charge is 0.371 e. The minimum Gasteiger partial charge on any atom is -0.371 e. The van der Waals surface area contributed by atoms with E-state index in [1.807, 2.05) is 16.8 Å². The summed E-state index contributed by atoms with van der Waals surface area (Å²) < 4.78 is 15.1. The minimum atomic E-state index is -0.826. The molecule has 0 spiro atoms. The number of aromatic nitrogens is 2. The topological polar surface area (TPSA) is 117 Å². The van der Waals surface area contributed by atoms with Crippen molar-refractivity contribution in [1.82, 2.24) is 14.9 Å². The molecule has 2 aliphatic heterocycles. The van der Waals surface area contributed by atoms with Crippen LogP contribution in [0.25, 0.3) is 10.9 Å². The molecular weight excluding hydrogens is 467 g/mol. The Balaban J connectivity index is 1.42. The second-order valence-corrected chi connectivity index (χ2v) is 9.03. The number of aryl methyl sites for hydroxylation is 1. The van der Waals surface area contributed by atoms with E-state index in [2.05, 4.69) is 15.6 Å². The third-order valence-electron chi connectivity index (χ3n) is 6.63. The number of amides is 3. The Morgan fingerprint density at radius 2 is 1.97 bits per heavy atom. The number of anilines is 3. The van der Waals surface area contributed by atoms with Crippen molar-refractivity contribution >= 4 is 45.7 Å². The van der Waals surface area contributed by atoms with Crippen LogP contribution >= 0.6 is 0 Å². The van der Waals surface area contributed by atoms with Gasteiger partial charge in [-0.2, -0.15) is 0 Å². The number of carbonyl (C=O) groups excluding carboxylic acids is 3. The van der Waals surface area contributed by atoms with E-state index >= 15 is 0 Å². The molecule has 1 saturated heterocycles. The Hall–Kier alpha value is -4.28. The van der Waals surface area contributed by atoms with Gasteiger partial charge in [0.1, 0.15) is 23.2 Å². The standard InChI is InChI=1S/C25H25FN6O4/c1-14-27-23-16(25(36)32(14)19-8-9-21(33)29-24(19)35)4-3-5-17(23)28-22(34)13-31-11-10-30(2)20-12-15(26)6-7-18(20)31/h3-7,12,19H,8-11,13H2,1-2H3,(H,28,34)(H,29,33,35). The number of benzene rings is 2. The fourth-order valence-electron chi connectivity index (χ4n) is 4.83. The summed E-state index contributed by atoms with van der Waals surface area (Å²) in [4.78, 5) is 58.6. The van der Waals surface area contributed by atoms with E-state index in [0.717, 1.165) is 5.69 Å². The summed E-state index contributed by atoms with van der Waals surface area (Å²) in [7, 11) is 1.88. The molecule has 3 aromatic rings. The Labute approximate surface area is 205 Å². The highest BCUT2D eigenvalue weighted by atomic mass is 19.1. The molecule has 0 radical (unpaired) electrons. The number of nitrogens with one attached hydrogen (secondary N) is 2. The molecule has 1 unspecified atom stereocenters. The second-order valence-electron chi connectivity index (χ2n) is 9.03. The monoisotopic (exact) mass is 492 g/mol. The van der Waals surface area contributed by atoms with Crippen LogP contribution in [0.5, 0.6) is 0 Å². The number of hydrogen-bond donors (Lipinski definition) is 2. The summed E-state index contributed by atoms with van der Waals surface area (Å²) in [6.07, 6.45) is 0.351. The quantitative estimate of drug-likeness (QED) is 0.533. The number of piperidine rings is 1. The Bertz CT molecular complexity index is 1470. The maximum absolute atomic E-state index is 13.7. The van der Waals surface area contributed by atoms with E-state index in [1.54, 1.807) is 31.2 Å². The van der Waals surface area contributed by atoms with Crippen LogP contribution in [0, 0.1) is 12.7 Å². The molecule has 1 aromatic heterocycles. The summed E-state index contributed by atoms with van der Waals surface area (Å²) in [5, 5.41) is 5.37. The molecule has 0 bridgehead atoms. The molecule has 2 N–H and O–H groups in total. The number of fused-ring (bicyclic) bond motifs is 2. The fraction of sp³-hybridized carbons (Fsp3) is 0.320. The van der Waals surface area contributed by atoms with Crippen molar-refractivity contribution in [2.45, 2.75) is 25.8 Å². The minimum absolute atomic E-state index is 0.0369. The average Bonchev–Trinajstić information content (AvgIpc) is 2.83. The first kappa shape index (κ1) is 23.5.